The number of ether oxygens (including phenoxy) is 1. The van der Waals surface area contributed by atoms with Gasteiger partial charge in [0, 0.05) is 32.7 Å². The highest BCUT2D eigenvalue weighted by Crippen LogP contribution is 2.23. The van der Waals surface area contributed by atoms with Gasteiger partial charge in [0.05, 0.1) is 4.47 Å². The van der Waals surface area contributed by atoms with Crippen molar-refractivity contribution in [3.05, 3.63) is 64.1 Å². The Balaban J connectivity index is 1.45. The van der Waals surface area contributed by atoms with Gasteiger partial charge in [-0.2, -0.15) is 0 Å². The third-order valence-electron chi connectivity index (χ3n) is 4.40. The second kappa shape index (κ2) is 8.50. The summed E-state index contributed by atoms with van der Waals surface area (Å²) in [5, 5.41) is 0. The Kier molecular flexibility index (Phi) is 6.10. The van der Waals surface area contributed by atoms with Crippen LogP contribution >= 0.6 is 15.9 Å². The van der Waals surface area contributed by atoms with Crippen molar-refractivity contribution in [1.82, 2.24) is 9.80 Å². The van der Waals surface area contributed by atoms with E-state index in [9.17, 15) is 4.79 Å². The summed E-state index contributed by atoms with van der Waals surface area (Å²) < 4.78 is 6.50. The molecule has 1 saturated heterocycles. The maximum atomic E-state index is 12.4. The molecule has 2 aromatic carbocycles. The van der Waals surface area contributed by atoms with E-state index < -0.39 is 0 Å². The monoisotopic (exact) mass is 402 g/mol. The predicted molar refractivity (Wildman–Crippen MR) is 103 cm³/mol. The molecule has 0 saturated carbocycles. The normalized spacial score (nSPS) is 15.2. The average Bonchev–Trinajstić information content (AvgIpc) is 2.61. The molecule has 0 unspecified atom stereocenters. The van der Waals surface area contributed by atoms with Gasteiger partial charge < -0.3 is 9.64 Å². The molecule has 0 atom stereocenters. The van der Waals surface area contributed by atoms with Crippen molar-refractivity contribution in [2.75, 3.05) is 32.8 Å². The molecule has 1 aliphatic heterocycles. The number of benzene rings is 2. The number of aryl methyl sites for hydroxylation is 1. The van der Waals surface area contributed by atoms with Crippen LogP contribution in [0.25, 0.3) is 0 Å². The van der Waals surface area contributed by atoms with E-state index in [4.69, 9.17) is 4.74 Å². The van der Waals surface area contributed by atoms with E-state index >= 15 is 0 Å². The fourth-order valence-electron chi connectivity index (χ4n) is 3.02. The van der Waals surface area contributed by atoms with Crippen LogP contribution in [-0.4, -0.2) is 48.5 Å². The molecule has 25 heavy (non-hydrogen) atoms. The standard InChI is InChI=1S/C20H23BrN2O2/c1-16-5-4-6-17(13-16)14-22-9-11-23(12-10-22)20(24)15-25-19-8-3-2-7-18(19)21/h2-8,13H,9-12,14-15H2,1H3. The highest BCUT2D eigenvalue weighted by atomic mass is 79.9. The van der Waals surface area contributed by atoms with E-state index in [1.807, 2.05) is 29.2 Å². The van der Waals surface area contributed by atoms with Gasteiger partial charge in [-0.05, 0) is 40.5 Å². The number of hydrogen-bond acceptors (Lipinski definition) is 3. The number of piperazine rings is 1. The molecular weight excluding hydrogens is 380 g/mol. The molecular formula is C20H23BrN2O2. The Morgan fingerprint density at radius 3 is 2.56 bits per heavy atom. The minimum Gasteiger partial charge on any atom is -0.483 e. The molecule has 132 valence electrons. The lowest BCUT2D eigenvalue weighted by atomic mass is 10.1. The van der Waals surface area contributed by atoms with Crippen LogP contribution in [0.2, 0.25) is 0 Å². The zero-order chi connectivity index (χ0) is 17.6. The minimum atomic E-state index is 0.0472. The molecule has 0 bridgehead atoms. The number of rotatable bonds is 5. The number of halogens is 1. The highest BCUT2D eigenvalue weighted by Gasteiger charge is 2.21. The minimum absolute atomic E-state index is 0.0472. The molecule has 2 aromatic rings. The fraction of sp³-hybridized carbons (Fsp3) is 0.350. The number of amides is 1. The molecule has 1 fully saturated rings. The fourth-order valence-corrected chi connectivity index (χ4v) is 3.42. The molecule has 1 aliphatic rings. The lowest BCUT2D eigenvalue weighted by Gasteiger charge is -2.34. The lowest BCUT2D eigenvalue weighted by Crippen LogP contribution is -2.49. The van der Waals surface area contributed by atoms with Gasteiger partial charge in [-0.1, -0.05) is 42.0 Å². The van der Waals surface area contributed by atoms with Crippen molar-refractivity contribution < 1.29 is 9.53 Å². The molecule has 1 heterocycles. The Bertz CT molecular complexity index is 727. The van der Waals surface area contributed by atoms with Crippen molar-refractivity contribution in [3.63, 3.8) is 0 Å². The summed E-state index contributed by atoms with van der Waals surface area (Å²) in [5.41, 5.74) is 2.62. The zero-order valence-corrected chi connectivity index (χ0v) is 16.0. The van der Waals surface area contributed by atoms with Crippen molar-refractivity contribution in [3.8, 4) is 5.75 Å². The summed E-state index contributed by atoms with van der Waals surface area (Å²) in [6, 6.07) is 16.2. The quantitative estimate of drug-likeness (QED) is 0.767. The predicted octanol–water partition coefficient (Wildman–Crippen LogP) is 3.48. The number of nitrogens with zero attached hydrogens (tertiary/aromatic N) is 2. The first-order chi connectivity index (χ1) is 12.1. The third-order valence-corrected chi connectivity index (χ3v) is 5.06. The first-order valence-electron chi connectivity index (χ1n) is 8.55. The van der Waals surface area contributed by atoms with Crippen LogP contribution in [0.3, 0.4) is 0 Å². The summed E-state index contributed by atoms with van der Waals surface area (Å²) in [7, 11) is 0. The van der Waals surface area contributed by atoms with Gasteiger partial charge in [-0.25, -0.2) is 0 Å². The summed E-state index contributed by atoms with van der Waals surface area (Å²) in [6.45, 7) is 6.44. The van der Waals surface area contributed by atoms with Crippen LogP contribution < -0.4 is 4.74 Å². The van der Waals surface area contributed by atoms with Gasteiger partial charge in [0.1, 0.15) is 5.75 Å². The molecule has 0 aliphatic carbocycles. The summed E-state index contributed by atoms with van der Waals surface area (Å²) in [4.78, 5) is 16.6. The van der Waals surface area contributed by atoms with Gasteiger partial charge in [-0.3, -0.25) is 9.69 Å². The zero-order valence-electron chi connectivity index (χ0n) is 14.5. The molecule has 1 amide bonds. The molecule has 0 aromatic heterocycles. The second-order valence-electron chi connectivity index (χ2n) is 6.37. The van der Waals surface area contributed by atoms with Gasteiger partial charge in [0.25, 0.3) is 5.91 Å². The number of hydrogen-bond donors (Lipinski definition) is 0. The van der Waals surface area contributed by atoms with Crippen LogP contribution in [0, 0.1) is 6.92 Å². The van der Waals surface area contributed by atoms with Gasteiger partial charge >= 0.3 is 0 Å². The number of carbonyl (C=O) groups is 1. The molecule has 3 rings (SSSR count). The molecule has 5 heteroatoms. The first kappa shape index (κ1) is 18.0. The maximum Gasteiger partial charge on any atom is 0.260 e. The van der Waals surface area contributed by atoms with E-state index in [2.05, 4.69) is 52.0 Å². The number of para-hydroxylation sites is 1. The van der Waals surface area contributed by atoms with Crippen LogP contribution in [0.1, 0.15) is 11.1 Å². The molecule has 0 radical (unpaired) electrons. The van der Waals surface area contributed by atoms with E-state index in [0.29, 0.717) is 5.75 Å². The van der Waals surface area contributed by atoms with E-state index in [0.717, 1.165) is 37.2 Å². The highest BCUT2D eigenvalue weighted by molar-refractivity contribution is 9.10. The smallest absolute Gasteiger partial charge is 0.260 e. The van der Waals surface area contributed by atoms with Crippen LogP contribution in [0.5, 0.6) is 5.75 Å². The Morgan fingerprint density at radius 1 is 1.08 bits per heavy atom. The van der Waals surface area contributed by atoms with Crippen molar-refractivity contribution in [2.45, 2.75) is 13.5 Å². The van der Waals surface area contributed by atoms with Crippen LogP contribution in [0.15, 0.2) is 53.0 Å². The SMILES string of the molecule is Cc1cccc(CN2CCN(C(=O)COc3ccccc3Br)CC2)c1. The van der Waals surface area contributed by atoms with Crippen molar-refractivity contribution in [2.24, 2.45) is 0 Å². The Labute approximate surface area is 157 Å². The maximum absolute atomic E-state index is 12.4. The van der Waals surface area contributed by atoms with Crippen LogP contribution in [-0.2, 0) is 11.3 Å². The average molecular weight is 403 g/mol. The van der Waals surface area contributed by atoms with Crippen molar-refractivity contribution in [1.29, 1.82) is 0 Å². The topological polar surface area (TPSA) is 32.8 Å². The summed E-state index contributed by atoms with van der Waals surface area (Å²) in [6.07, 6.45) is 0. The van der Waals surface area contributed by atoms with Gasteiger partial charge in [0.15, 0.2) is 6.61 Å². The van der Waals surface area contributed by atoms with Crippen molar-refractivity contribution >= 4 is 21.8 Å². The summed E-state index contributed by atoms with van der Waals surface area (Å²) >= 11 is 3.43. The Hall–Kier alpha value is -1.85. The van der Waals surface area contributed by atoms with Gasteiger partial charge in [-0.15, -0.1) is 0 Å². The van der Waals surface area contributed by atoms with Crippen LogP contribution in [0.4, 0.5) is 0 Å². The summed E-state index contributed by atoms with van der Waals surface area (Å²) in [5.74, 6) is 0.750. The largest absolute Gasteiger partial charge is 0.483 e. The molecule has 0 spiro atoms. The second-order valence-corrected chi connectivity index (χ2v) is 7.22. The first-order valence-corrected chi connectivity index (χ1v) is 9.34. The van der Waals surface area contributed by atoms with Gasteiger partial charge in [0.2, 0.25) is 0 Å². The van der Waals surface area contributed by atoms with E-state index in [1.54, 1.807) is 0 Å². The third kappa shape index (κ3) is 5.06. The molecule has 4 nitrogen and oxygen atoms in total. The lowest BCUT2D eigenvalue weighted by molar-refractivity contribution is -0.135. The van der Waals surface area contributed by atoms with E-state index in [-0.39, 0.29) is 12.5 Å². The Morgan fingerprint density at radius 2 is 1.84 bits per heavy atom. The van der Waals surface area contributed by atoms with E-state index in [1.165, 1.54) is 11.1 Å². The number of carbonyl (C=O) groups excluding carboxylic acids is 1. The molecule has 0 N–H and O–H groups in total.